The van der Waals surface area contributed by atoms with E-state index in [9.17, 15) is 0 Å². The molecule has 38 heavy (non-hydrogen) atoms. The summed E-state index contributed by atoms with van der Waals surface area (Å²) in [6.07, 6.45) is 6.49. The molecule has 0 atom stereocenters. The van der Waals surface area contributed by atoms with Gasteiger partial charge in [-0.2, -0.15) is 0 Å². The first-order valence-corrected chi connectivity index (χ1v) is 13.3. The molecule has 1 aliphatic rings. The van der Waals surface area contributed by atoms with Gasteiger partial charge in [0.15, 0.2) is 0 Å². The number of nitrogens with one attached hydrogen (secondary N) is 1. The van der Waals surface area contributed by atoms with Crippen molar-refractivity contribution in [1.82, 2.24) is 19.4 Å². The topological polar surface area (TPSA) is 84.5 Å². The first-order chi connectivity index (χ1) is 18.3. The second kappa shape index (κ2) is 10.5. The Bertz CT molecular complexity index is 1460. The Morgan fingerprint density at radius 2 is 1.97 bits per heavy atom. The van der Waals surface area contributed by atoms with E-state index in [0.717, 1.165) is 60.7 Å². The highest BCUT2D eigenvalue weighted by Gasteiger charge is 2.22. The van der Waals surface area contributed by atoms with Gasteiger partial charge < -0.3 is 30.2 Å². The van der Waals surface area contributed by atoms with Gasteiger partial charge in [0.2, 0.25) is 5.95 Å². The number of ether oxygens (including phenoxy) is 1. The minimum atomic E-state index is 0.285. The summed E-state index contributed by atoms with van der Waals surface area (Å²) in [5, 5.41) is 4.64. The summed E-state index contributed by atoms with van der Waals surface area (Å²) in [7, 11) is 7.84. The molecule has 8 nitrogen and oxygen atoms in total. The third-order valence-corrected chi connectivity index (χ3v) is 7.41. The van der Waals surface area contributed by atoms with Gasteiger partial charge in [-0.3, -0.25) is 0 Å². The van der Waals surface area contributed by atoms with Gasteiger partial charge in [0, 0.05) is 56.1 Å². The summed E-state index contributed by atoms with van der Waals surface area (Å²) >= 11 is 0. The predicted molar refractivity (Wildman–Crippen MR) is 158 cm³/mol. The highest BCUT2D eigenvalue weighted by atomic mass is 16.5. The lowest BCUT2D eigenvalue weighted by Crippen LogP contribution is -2.29. The molecule has 0 radical (unpaired) electrons. The van der Waals surface area contributed by atoms with Crippen molar-refractivity contribution in [1.29, 1.82) is 0 Å². The fourth-order valence-corrected chi connectivity index (χ4v) is 5.31. The van der Waals surface area contributed by atoms with Gasteiger partial charge in [-0.25, -0.2) is 9.97 Å². The van der Waals surface area contributed by atoms with E-state index in [-0.39, 0.29) is 5.92 Å². The van der Waals surface area contributed by atoms with Crippen molar-refractivity contribution in [2.75, 3.05) is 57.3 Å². The molecule has 5 rings (SSSR count). The molecule has 0 unspecified atom stereocenters. The summed E-state index contributed by atoms with van der Waals surface area (Å²) in [6.45, 7) is 7.19. The maximum absolute atomic E-state index is 6.50. The zero-order valence-corrected chi connectivity index (χ0v) is 23.4. The monoisotopic (exact) mass is 513 g/mol. The number of methoxy groups -OCH3 is 1. The van der Waals surface area contributed by atoms with E-state index in [4.69, 9.17) is 15.5 Å². The van der Waals surface area contributed by atoms with Crippen molar-refractivity contribution in [3.63, 3.8) is 0 Å². The molecule has 0 amide bonds. The van der Waals surface area contributed by atoms with Crippen LogP contribution in [0.25, 0.3) is 22.2 Å². The second-order valence-electron chi connectivity index (χ2n) is 10.8. The van der Waals surface area contributed by atoms with E-state index in [2.05, 4.69) is 77.0 Å². The van der Waals surface area contributed by atoms with Crippen LogP contribution in [0, 0.1) is 0 Å². The lowest BCUT2D eigenvalue weighted by atomic mass is 9.97. The van der Waals surface area contributed by atoms with Crippen molar-refractivity contribution >= 4 is 33.9 Å². The number of nitrogens with zero attached hydrogens (tertiary/aromatic N) is 5. The minimum Gasteiger partial charge on any atom is -0.494 e. The number of nitrogens with two attached hydrogens (primary N) is 1. The Hall–Kier alpha value is -3.78. The quantitative estimate of drug-likeness (QED) is 0.286. The van der Waals surface area contributed by atoms with E-state index in [1.165, 1.54) is 16.5 Å². The average Bonchev–Trinajstić information content (AvgIpc) is 3.27. The van der Waals surface area contributed by atoms with Crippen molar-refractivity contribution < 1.29 is 4.74 Å². The van der Waals surface area contributed by atoms with Crippen molar-refractivity contribution in [2.45, 2.75) is 39.2 Å². The molecule has 1 aliphatic heterocycles. The second-order valence-corrected chi connectivity index (χ2v) is 10.8. The molecule has 3 N–H and O–H groups in total. The largest absolute Gasteiger partial charge is 0.494 e. The van der Waals surface area contributed by atoms with Gasteiger partial charge in [0.25, 0.3) is 0 Å². The van der Waals surface area contributed by atoms with E-state index in [1.54, 1.807) is 7.11 Å². The molecule has 8 heteroatoms. The van der Waals surface area contributed by atoms with E-state index in [0.29, 0.717) is 17.4 Å². The standard InChI is InChI=1S/C30H39N7O/c1-19(2)22-17-32-30(33-25-15-24(31)26(16-27(25)38-6)36(5)14-13-35(3)4)34-28(22)23-18-37-12-8-10-20-9-7-11-21(23)29(20)37/h7,9,11,15-19H,8,10,12-14,31H2,1-6H3,(H,32,33,34). The number of aryl methyl sites for hydroxylation is 2. The number of hydrogen-bond donors (Lipinski definition) is 2. The Morgan fingerprint density at radius 1 is 1.16 bits per heavy atom. The van der Waals surface area contributed by atoms with Gasteiger partial charge in [0.05, 0.1) is 35.4 Å². The number of benzene rings is 2. The van der Waals surface area contributed by atoms with Crippen LogP contribution in [0.3, 0.4) is 0 Å². The Morgan fingerprint density at radius 3 is 2.71 bits per heavy atom. The van der Waals surface area contributed by atoms with Gasteiger partial charge >= 0.3 is 0 Å². The summed E-state index contributed by atoms with van der Waals surface area (Å²) in [6, 6.07) is 10.5. The smallest absolute Gasteiger partial charge is 0.227 e. The van der Waals surface area contributed by atoms with E-state index < -0.39 is 0 Å². The summed E-state index contributed by atoms with van der Waals surface area (Å²) in [5.74, 6) is 1.49. The molecular weight excluding hydrogens is 474 g/mol. The van der Waals surface area contributed by atoms with E-state index in [1.807, 2.05) is 25.4 Å². The molecule has 200 valence electrons. The zero-order valence-electron chi connectivity index (χ0n) is 23.4. The van der Waals surface area contributed by atoms with Gasteiger partial charge in [-0.1, -0.05) is 32.0 Å². The van der Waals surface area contributed by atoms with Gasteiger partial charge in [-0.15, -0.1) is 0 Å². The fraction of sp³-hybridized carbons (Fsp3) is 0.400. The summed E-state index contributed by atoms with van der Waals surface area (Å²) in [4.78, 5) is 14.1. The van der Waals surface area contributed by atoms with Crippen LogP contribution in [-0.4, -0.2) is 60.8 Å². The number of hydrogen-bond acceptors (Lipinski definition) is 7. The minimum absolute atomic E-state index is 0.285. The lowest BCUT2D eigenvalue weighted by Gasteiger charge is -2.24. The summed E-state index contributed by atoms with van der Waals surface area (Å²) < 4.78 is 8.13. The number of likely N-dealkylation sites (N-methyl/N-ethyl adjacent to an activating group) is 2. The predicted octanol–water partition coefficient (Wildman–Crippen LogP) is 5.50. The molecule has 0 aliphatic carbocycles. The van der Waals surface area contributed by atoms with Crippen LogP contribution in [0.1, 0.15) is 37.3 Å². The fourth-order valence-electron chi connectivity index (χ4n) is 5.31. The molecule has 4 aromatic rings. The van der Waals surface area contributed by atoms with Crippen LogP contribution in [0.15, 0.2) is 42.7 Å². The maximum Gasteiger partial charge on any atom is 0.227 e. The Balaban J connectivity index is 1.53. The Kier molecular flexibility index (Phi) is 7.17. The van der Waals surface area contributed by atoms with Crippen molar-refractivity contribution in [3.05, 3.63) is 53.9 Å². The third-order valence-electron chi connectivity index (χ3n) is 7.41. The first-order valence-electron chi connectivity index (χ1n) is 13.3. The number of nitrogen functional groups attached to an aromatic ring is 1. The highest BCUT2D eigenvalue weighted by Crippen LogP contribution is 2.39. The van der Waals surface area contributed by atoms with Crippen LogP contribution < -0.4 is 20.7 Å². The molecular formula is C30H39N7O. The van der Waals surface area contributed by atoms with Crippen LogP contribution in [0.4, 0.5) is 23.0 Å². The maximum atomic E-state index is 6.50. The molecule has 0 saturated heterocycles. The van der Waals surface area contributed by atoms with Crippen LogP contribution in [0.5, 0.6) is 5.75 Å². The van der Waals surface area contributed by atoms with Crippen molar-refractivity contribution in [3.8, 4) is 17.0 Å². The first kappa shape index (κ1) is 25.9. The molecule has 0 spiro atoms. The molecule has 2 aromatic carbocycles. The molecule has 0 fully saturated rings. The number of para-hydroxylation sites is 1. The highest BCUT2D eigenvalue weighted by molar-refractivity contribution is 5.98. The third kappa shape index (κ3) is 4.88. The van der Waals surface area contributed by atoms with Gasteiger partial charge in [0.1, 0.15) is 5.75 Å². The molecule has 0 bridgehead atoms. The molecule has 3 heterocycles. The van der Waals surface area contributed by atoms with Crippen LogP contribution in [-0.2, 0) is 13.0 Å². The number of anilines is 4. The zero-order chi connectivity index (χ0) is 27.0. The average molecular weight is 514 g/mol. The molecule has 0 saturated carbocycles. The number of rotatable bonds is 9. The van der Waals surface area contributed by atoms with Crippen molar-refractivity contribution in [2.24, 2.45) is 0 Å². The summed E-state index contributed by atoms with van der Waals surface area (Å²) in [5.41, 5.74) is 14.8. The van der Waals surface area contributed by atoms with E-state index >= 15 is 0 Å². The van der Waals surface area contributed by atoms with Crippen LogP contribution >= 0.6 is 0 Å². The van der Waals surface area contributed by atoms with Crippen LogP contribution in [0.2, 0.25) is 0 Å². The van der Waals surface area contributed by atoms with Gasteiger partial charge in [-0.05, 0) is 50.0 Å². The molecule has 2 aromatic heterocycles. The normalized spacial score (nSPS) is 12.9. The lowest BCUT2D eigenvalue weighted by molar-refractivity contribution is 0.413. The Labute approximate surface area is 225 Å². The SMILES string of the molecule is COc1cc(N(C)CCN(C)C)c(N)cc1Nc1ncc(C(C)C)c(-c2cn3c4c(cccc24)CCC3)n1. The number of aromatic nitrogens is 3.